The summed E-state index contributed by atoms with van der Waals surface area (Å²) >= 11 is 0. The number of carbonyl (C=O) groups is 1. The fourth-order valence-electron chi connectivity index (χ4n) is 3.34. The Morgan fingerprint density at radius 1 is 0.857 bits per heavy atom. The fraction of sp³-hybridized carbons (Fsp3) is 0.227. The third-order valence-electron chi connectivity index (χ3n) is 4.89. The normalized spacial score (nSPS) is 14.0. The summed E-state index contributed by atoms with van der Waals surface area (Å²) in [5.74, 6) is 0.857. The Morgan fingerprint density at radius 2 is 1.61 bits per heavy atom. The van der Waals surface area contributed by atoms with Gasteiger partial charge in [-0.1, -0.05) is 36.4 Å². The standard InChI is InChI=1S/C22H23N5O/c28-22(25-17-18-6-2-1-3-7-18)20-16-19(9-11-23-20)26-12-14-27(15-13-26)21-8-4-5-10-24-21/h1-11,16H,12-15,17H2,(H,25,28). The van der Waals surface area contributed by atoms with Crippen LogP contribution in [0, 0.1) is 0 Å². The molecule has 0 unspecified atom stereocenters. The second-order valence-corrected chi connectivity index (χ2v) is 6.73. The Balaban J connectivity index is 1.37. The van der Waals surface area contributed by atoms with Gasteiger partial charge in [0.15, 0.2) is 0 Å². The first-order valence-electron chi connectivity index (χ1n) is 9.49. The van der Waals surface area contributed by atoms with Gasteiger partial charge in [-0.05, 0) is 29.8 Å². The molecule has 1 aromatic carbocycles. The van der Waals surface area contributed by atoms with E-state index in [0.29, 0.717) is 12.2 Å². The smallest absolute Gasteiger partial charge is 0.270 e. The van der Waals surface area contributed by atoms with Gasteiger partial charge in [0.25, 0.3) is 5.91 Å². The zero-order valence-corrected chi connectivity index (χ0v) is 15.7. The van der Waals surface area contributed by atoms with Crippen LogP contribution in [-0.2, 0) is 6.54 Å². The quantitative estimate of drug-likeness (QED) is 0.745. The van der Waals surface area contributed by atoms with Crippen molar-refractivity contribution in [2.75, 3.05) is 36.0 Å². The van der Waals surface area contributed by atoms with Crippen molar-refractivity contribution in [1.82, 2.24) is 15.3 Å². The predicted molar refractivity (Wildman–Crippen MR) is 111 cm³/mol. The van der Waals surface area contributed by atoms with Gasteiger partial charge in [-0.25, -0.2) is 4.98 Å². The Hall–Kier alpha value is -3.41. The molecule has 1 fully saturated rings. The van der Waals surface area contributed by atoms with Crippen molar-refractivity contribution in [3.8, 4) is 0 Å². The maximum atomic E-state index is 12.5. The summed E-state index contributed by atoms with van der Waals surface area (Å²) in [6.45, 7) is 4.05. The number of hydrogen-bond donors (Lipinski definition) is 1. The second-order valence-electron chi connectivity index (χ2n) is 6.73. The van der Waals surface area contributed by atoms with Crippen LogP contribution in [0.1, 0.15) is 16.1 Å². The molecule has 6 nitrogen and oxygen atoms in total. The molecule has 0 saturated carbocycles. The van der Waals surface area contributed by atoms with Gasteiger partial charge in [0.1, 0.15) is 11.5 Å². The number of nitrogens with one attached hydrogen (secondary N) is 1. The van der Waals surface area contributed by atoms with Crippen molar-refractivity contribution in [3.63, 3.8) is 0 Å². The first-order valence-corrected chi connectivity index (χ1v) is 9.49. The molecule has 6 heteroatoms. The molecular weight excluding hydrogens is 350 g/mol. The zero-order chi connectivity index (χ0) is 19.2. The topological polar surface area (TPSA) is 61.4 Å². The van der Waals surface area contributed by atoms with E-state index in [9.17, 15) is 4.79 Å². The van der Waals surface area contributed by atoms with Gasteiger partial charge in [-0.3, -0.25) is 9.78 Å². The average Bonchev–Trinajstić information content (AvgIpc) is 2.79. The lowest BCUT2D eigenvalue weighted by molar-refractivity contribution is 0.0946. The summed E-state index contributed by atoms with van der Waals surface area (Å²) < 4.78 is 0. The number of hydrogen-bond acceptors (Lipinski definition) is 5. The minimum atomic E-state index is -0.155. The van der Waals surface area contributed by atoms with E-state index in [0.717, 1.165) is 43.2 Å². The van der Waals surface area contributed by atoms with Gasteiger partial charge in [0.2, 0.25) is 0 Å². The molecule has 1 aliphatic heterocycles. The molecule has 4 rings (SSSR count). The van der Waals surface area contributed by atoms with Crippen molar-refractivity contribution in [2.45, 2.75) is 6.54 Å². The van der Waals surface area contributed by atoms with E-state index in [1.165, 1.54) is 0 Å². The molecule has 3 heterocycles. The van der Waals surface area contributed by atoms with Crippen LogP contribution in [0.4, 0.5) is 11.5 Å². The minimum Gasteiger partial charge on any atom is -0.368 e. The Bertz CT molecular complexity index is 908. The van der Waals surface area contributed by atoms with Crippen LogP contribution < -0.4 is 15.1 Å². The van der Waals surface area contributed by atoms with Gasteiger partial charge in [-0.2, -0.15) is 0 Å². The van der Waals surface area contributed by atoms with Crippen LogP contribution in [0.3, 0.4) is 0 Å². The molecule has 28 heavy (non-hydrogen) atoms. The molecule has 1 amide bonds. The maximum absolute atomic E-state index is 12.5. The number of piperazine rings is 1. The van der Waals surface area contributed by atoms with E-state index in [1.807, 2.05) is 66.9 Å². The first kappa shape index (κ1) is 18.0. The molecule has 0 spiro atoms. The molecule has 2 aromatic heterocycles. The third-order valence-corrected chi connectivity index (χ3v) is 4.89. The molecule has 1 N–H and O–H groups in total. The summed E-state index contributed by atoms with van der Waals surface area (Å²) in [7, 11) is 0. The summed E-state index contributed by atoms with van der Waals surface area (Å²) in [6.07, 6.45) is 3.53. The molecule has 1 saturated heterocycles. The van der Waals surface area contributed by atoms with Crippen LogP contribution in [-0.4, -0.2) is 42.1 Å². The summed E-state index contributed by atoms with van der Waals surface area (Å²) in [5.41, 5.74) is 2.54. The maximum Gasteiger partial charge on any atom is 0.270 e. The molecule has 3 aromatic rings. The highest BCUT2D eigenvalue weighted by molar-refractivity contribution is 5.93. The highest BCUT2D eigenvalue weighted by Crippen LogP contribution is 2.19. The van der Waals surface area contributed by atoms with E-state index in [2.05, 4.69) is 25.1 Å². The molecule has 0 aliphatic carbocycles. The third kappa shape index (κ3) is 4.28. The highest BCUT2D eigenvalue weighted by Gasteiger charge is 2.19. The van der Waals surface area contributed by atoms with Crippen molar-refractivity contribution in [1.29, 1.82) is 0 Å². The zero-order valence-electron chi connectivity index (χ0n) is 15.7. The summed E-state index contributed by atoms with van der Waals surface area (Å²) in [4.78, 5) is 25.7. The lowest BCUT2D eigenvalue weighted by Gasteiger charge is -2.36. The van der Waals surface area contributed by atoms with Crippen LogP contribution in [0.25, 0.3) is 0 Å². The van der Waals surface area contributed by atoms with Gasteiger partial charge in [-0.15, -0.1) is 0 Å². The number of carbonyl (C=O) groups excluding carboxylic acids is 1. The van der Waals surface area contributed by atoms with E-state index in [-0.39, 0.29) is 5.91 Å². The predicted octanol–water partition coefficient (Wildman–Crippen LogP) is 2.73. The SMILES string of the molecule is O=C(NCc1ccccc1)c1cc(N2CCN(c3ccccn3)CC2)ccn1. The fourth-order valence-corrected chi connectivity index (χ4v) is 3.34. The number of nitrogens with zero attached hydrogens (tertiary/aromatic N) is 4. The second kappa shape index (κ2) is 8.52. The molecule has 142 valence electrons. The van der Waals surface area contributed by atoms with Crippen LogP contribution in [0.5, 0.6) is 0 Å². The van der Waals surface area contributed by atoms with Crippen molar-refractivity contribution >= 4 is 17.4 Å². The Kier molecular flexibility index (Phi) is 5.47. The van der Waals surface area contributed by atoms with Crippen molar-refractivity contribution in [3.05, 3.63) is 84.3 Å². The summed E-state index contributed by atoms with van der Waals surface area (Å²) in [5, 5.41) is 2.94. The Morgan fingerprint density at radius 3 is 2.36 bits per heavy atom. The van der Waals surface area contributed by atoms with Crippen LogP contribution >= 0.6 is 0 Å². The van der Waals surface area contributed by atoms with Crippen molar-refractivity contribution in [2.24, 2.45) is 0 Å². The van der Waals surface area contributed by atoms with Crippen LogP contribution in [0.15, 0.2) is 73.1 Å². The van der Waals surface area contributed by atoms with Crippen LogP contribution in [0.2, 0.25) is 0 Å². The van der Waals surface area contributed by atoms with Gasteiger partial charge >= 0.3 is 0 Å². The lowest BCUT2D eigenvalue weighted by atomic mass is 10.2. The number of amides is 1. The first-order chi connectivity index (χ1) is 13.8. The number of aromatic nitrogens is 2. The Labute approximate surface area is 164 Å². The molecule has 1 aliphatic rings. The molecule has 0 bridgehead atoms. The molecule has 0 atom stereocenters. The van der Waals surface area contributed by atoms with E-state index < -0.39 is 0 Å². The largest absolute Gasteiger partial charge is 0.368 e. The number of rotatable bonds is 5. The number of benzene rings is 1. The van der Waals surface area contributed by atoms with E-state index in [1.54, 1.807) is 6.20 Å². The van der Waals surface area contributed by atoms with Gasteiger partial charge in [0.05, 0.1) is 0 Å². The van der Waals surface area contributed by atoms with E-state index >= 15 is 0 Å². The lowest BCUT2D eigenvalue weighted by Crippen LogP contribution is -2.46. The van der Waals surface area contributed by atoms with Gasteiger partial charge < -0.3 is 15.1 Å². The minimum absolute atomic E-state index is 0.155. The van der Waals surface area contributed by atoms with E-state index in [4.69, 9.17) is 0 Å². The number of pyridine rings is 2. The van der Waals surface area contributed by atoms with Crippen molar-refractivity contribution < 1.29 is 4.79 Å². The average molecular weight is 373 g/mol. The monoisotopic (exact) mass is 373 g/mol. The molecular formula is C22H23N5O. The number of anilines is 2. The molecule has 0 radical (unpaired) electrons. The van der Waals surface area contributed by atoms with Gasteiger partial charge in [0, 0.05) is 50.8 Å². The highest BCUT2D eigenvalue weighted by atomic mass is 16.1. The summed E-state index contributed by atoms with van der Waals surface area (Å²) in [6, 6.07) is 19.7.